The van der Waals surface area contributed by atoms with Crippen LogP contribution in [0.2, 0.25) is 0 Å². The minimum atomic E-state index is -3.19. The first kappa shape index (κ1) is 6.36. The first-order chi connectivity index (χ1) is 2.94. The number of carbonyl (C=O) groups is 1. The zero-order valence-electron chi connectivity index (χ0n) is 3.64. The van der Waals surface area contributed by atoms with Crippen LogP contribution in [0.15, 0.2) is 0 Å². The maximum absolute atomic E-state index is 11.4. The number of aliphatic carboxylic acids is 1. The lowest BCUT2D eigenvalue weighted by molar-refractivity contribution is -0.334. The topological polar surface area (TPSA) is 60.4 Å². The Labute approximate surface area is 39.4 Å². The van der Waals surface area contributed by atoms with Crippen molar-refractivity contribution in [2.75, 3.05) is 0 Å². The van der Waals surface area contributed by atoms with Crippen LogP contribution < -0.4 is 5.11 Å². The van der Waals surface area contributed by atoms with Crippen molar-refractivity contribution in [2.24, 2.45) is 0 Å². The highest BCUT2D eigenvalue weighted by atomic mass is 19.2. The summed E-state index contributed by atoms with van der Waals surface area (Å²) in [6, 6.07) is 0. The molecule has 0 rings (SSSR count). The smallest absolute Gasteiger partial charge is 0.244 e. The van der Waals surface area contributed by atoms with Crippen molar-refractivity contribution in [3.63, 3.8) is 0 Å². The summed E-state index contributed by atoms with van der Waals surface area (Å²) in [5, 5.41) is 17.1. The first-order valence-electron chi connectivity index (χ1n) is 1.57. The van der Waals surface area contributed by atoms with E-state index in [1.165, 1.54) is 0 Å². The number of hydrogen-bond donors (Lipinski definition) is 1. The summed E-state index contributed by atoms with van der Waals surface area (Å²) in [5.41, 5.74) is 0. The van der Waals surface area contributed by atoms with Gasteiger partial charge in [-0.05, 0) is 0 Å². The fourth-order valence-electron chi connectivity index (χ4n) is 0. The number of hydrogen-bond acceptors (Lipinski definition) is 3. The van der Waals surface area contributed by atoms with Gasteiger partial charge in [0.05, 0.1) is 0 Å². The number of carbonyl (C=O) groups excluding carboxylic acids is 1. The molecule has 0 aliphatic heterocycles. The maximum atomic E-state index is 11.4. The molecule has 0 amide bonds. The Kier molecular flexibility index (Phi) is 1.32. The molecule has 0 saturated carbocycles. The van der Waals surface area contributed by atoms with Crippen molar-refractivity contribution in [1.29, 1.82) is 0 Å². The third-order valence-corrected chi connectivity index (χ3v) is 0.373. The van der Waals surface area contributed by atoms with Crippen LogP contribution in [0.4, 0.5) is 4.39 Å². The summed E-state index contributed by atoms with van der Waals surface area (Å²) < 4.78 is 11.4. The van der Waals surface area contributed by atoms with Gasteiger partial charge in [-0.25, -0.2) is 4.39 Å². The van der Waals surface area contributed by atoms with E-state index < -0.39 is 11.8 Å². The summed E-state index contributed by atoms with van der Waals surface area (Å²) in [6.45, 7) is 0.488. The average Bonchev–Trinajstić information content (AvgIpc) is 1.31. The molecular weight excluding hydrogens is 103 g/mol. The van der Waals surface area contributed by atoms with Gasteiger partial charge in [0.1, 0.15) is 5.97 Å². The molecule has 0 radical (unpaired) electrons. The number of carboxylic acids is 1. The van der Waals surface area contributed by atoms with E-state index in [0.29, 0.717) is 6.92 Å². The Hall–Kier alpha value is -0.640. The second kappa shape index (κ2) is 1.46. The van der Waals surface area contributed by atoms with Gasteiger partial charge in [0.15, 0.2) is 0 Å². The molecule has 0 aliphatic carbocycles. The SMILES string of the molecule is CC(O)(F)C(=O)[O-]. The van der Waals surface area contributed by atoms with Crippen LogP contribution in [0.1, 0.15) is 6.92 Å². The predicted octanol–water partition coefficient (Wildman–Crippen LogP) is -1.59. The minimum Gasteiger partial charge on any atom is -0.544 e. The van der Waals surface area contributed by atoms with Crippen molar-refractivity contribution >= 4 is 5.97 Å². The lowest BCUT2D eigenvalue weighted by Crippen LogP contribution is -2.42. The van der Waals surface area contributed by atoms with E-state index in [-0.39, 0.29) is 0 Å². The van der Waals surface area contributed by atoms with E-state index in [4.69, 9.17) is 5.11 Å². The molecule has 4 heteroatoms. The molecule has 0 saturated heterocycles. The van der Waals surface area contributed by atoms with Gasteiger partial charge < -0.3 is 15.0 Å². The number of carboxylic acid groups (broad SMARTS) is 1. The first-order valence-corrected chi connectivity index (χ1v) is 1.57. The van der Waals surface area contributed by atoms with Crippen LogP contribution in [-0.4, -0.2) is 16.9 Å². The van der Waals surface area contributed by atoms with Gasteiger partial charge >= 0.3 is 0 Å². The number of rotatable bonds is 1. The maximum Gasteiger partial charge on any atom is 0.244 e. The highest BCUT2D eigenvalue weighted by Crippen LogP contribution is 1.99. The van der Waals surface area contributed by atoms with E-state index >= 15 is 0 Å². The summed E-state index contributed by atoms with van der Waals surface area (Å²) in [6.07, 6.45) is 0. The molecule has 0 aromatic carbocycles. The van der Waals surface area contributed by atoms with Crippen molar-refractivity contribution in [3.05, 3.63) is 0 Å². The van der Waals surface area contributed by atoms with Gasteiger partial charge in [0.2, 0.25) is 5.85 Å². The number of aliphatic hydroxyl groups is 1. The predicted molar refractivity (Wildman–Crippen MR) is 16.7 cm³/mol. The van der Waals surface area contributed by atoms with Crippen molar-refractivity contribution in [3.8, 4) is 0 Å². The van der Waals surface area contributed by atoms with Crippen LogP contribution in [0, 0.1) is 0 Å². The Morgan fingerprint density at radius 1 is 2.00 bits per heavy atom. The van der Waals surface area contributed by atoms with Gasteiger partial charge in [-0.3, -0.25) is 0 Å². The van der Waals surface area contributed by atoms with E-state index in [1.807, 2.05) is 0 Å². The largest absolute Gasteiger partial charge is 0.544 e. The summed E-state index contributed by atoms with van der Waals surface area (Å²) in [4.78, 5) is 9.28. The zero-order chi connectivity index (χ0) is 6.08. The Morgan fingerprint density at radius 3 is 2.14 bits per heavy atom. The standard InChI is InChI=1S/C3H5FO3/c1-3(4,7)2(5)6/h7H,1H3,(H,5,6)/p-1. The van der Waals surface area contributed by atoms with Crippen LogP contribution >= 0.6 is 0 Å². The lowest BCUT2D eigenvalue weighted by Gasteiger charge is -2.11. The number of alkyl halides is 1. The van der Waals surface area contributed by atoms with Crippen LogP contribution in [0.5, 0.6) is 0 Å². The minimum absolute atomic E-state index is 0.488. The number of halogens is 1. The lowest BCUT2D eigenvalue weighted by atomic mass is 10.4. The molecule has 0 spiro atoms. The van der Waals surface area contributed by atoms with Crippen LogP contribution in [0.25, 0.3) is 0 Å². The molecule has 0 bridgehead atoms. The van der Waals surface area contributed by atoms with E-state index in [2.05, 4.69) is 0 Å². The van der Waals surface area contributed by atoms with Gasteiger partial charge in [0, 0.05) is 6.92 Å². The molecule has 1 atom stereocenters. The molecular formula is C3H4FO3-. The second-order valence-electron chi connectivity index (χ2n) is 1.24. The van der Waals surface area contributed by atoms with E-state index in [0.717, 1.165) is 0 Å². The van der Waals surface area contributed by atoms with Crippen molar-refractivity contribution in [1.82, 2.24) is 0 Å². The highest BCUT2D eigenvalue weighted by molar-refractivity contribution is 5.71. The molecule has 0 heterocycles. The summed E-state index contributed by atoms with van der Waals surface area (Å²) >= 11 is 0. The van der Waals surface area contributed by atoms with E-state index in [9.17, 15) is 14.3 Å². The Morgan fingerprint density at radius 2 is 2.14 bits per heavy atom. The molecule has 0 aromatic rings. The second-order valence-corrected chi connectivity index (χ2v) is 1.24. The van der Waals surface area contributed by atoms with Gasteiger partial charge in [-0.1, -0.05) is 0 Å². The van der Waals surface area contributed by atoms with E-state index in [1.54, 1.807) is 0 Å². The van der Waals surface area contributed by atoms with Gasteiger partial charge in [0.25, 0.3) is 0 Å². The molecule has 0 aromatic heterocycles. The molecule has 0 aliphatic rings. The van der Waals surface area contributed by atoms with Crippen molar-refractivity contribution < 1.29 is 19.4 Å². The zero-order valence-corrected chi connectivity index (χ0v) is 3.64. The van der Waals surface area contributed by atoms with Gasteiger partial charge in [-0.2, -0.15) is 0 Å². The molecule has 3 nitrogen and oxygen atoms in total. The quantitative estimate of drug-likeness (QED) is 0.439. The monoisotopic (exact) mass is 107 g/mol. The Balaban J connectivity index is 3.79. The third kappa shape index (κ3) is 2.11. The van der Waals surface area contributed by atoms with Crippen LogP contribution in [-0.2, 0) is 4.79 Å². The molecule has 0 fully saturated rings. The van der Waals surface area contributed by atoms with Gasteiger partial charge in [-0.15, -0.1) is 0 Å². The molecule has 1 unspecified atom stereocenters. The average molecular weight is 107 g/mol. The summed E-state index contributed by atoms with van der Waals surface area (Å²) in [5.74, 6) is -5.31. The highest BCUT2D eigenvalue weighted by Gasteiger charge is 2.18. The fraction of sp³-hybridized carbons (Fsp3) is 0.667. The van der Waals surface area contributed by atoms with Crippen LogP contribution in [0.3, 0.4) is 0 Å². The fourth-order valence-corrected chi connectivity index (χ4v) is 0. The molecule has 1 N–H and O–H groups in total. The van der Waals surface area contributed by atoms with Crippen molar-refractivity contribution in [2.45, 2.75) is 12.8 Å². The molecule has 7 heavy (non-hydrogen) atoms. The normalized spacial score (nSPS) is 18.1. The molecule has 42 valence electrons. The Bertz CT molecular complexity index is 82.7. The summed E-state index contributed by atoms with van der Waals surface area (Å²) in [7, 11) is 0. The third-order valence-electron chi connectivity index (χ3n) is 0.373.